The van der Waals surface area contributed by atoms with Crippen molar-refractivity contribution in [2.24, 2.45) is 0 Å². The summed E-state index contributed by atoms with van der Waals surface area (Å²) in [5.41, 5.74) is 2.64. The second kappa shape index (κ2) is 17.1. The van der Waals surface area contributed by atoms with E-state index in [9.17, 15) is 18.8 Å². The molecule has 8 nitrogen and oxygen atoms in total. The number of carbonyl (C=O) groups is 3. The summed E-state index contributed by atoms with van der Waals surface area (Å²) >= 11 is 0. The zero-order valence-electron chi connectivity index (χ0n) is 24.1. The molecule has 3 aromatic carbocycles. The van der Waals surface area contributed by atoms with Gasteiger partial charge in [-0.2, -0.15) is 4.39 Å². The molecule has 0 amide bonds. The molecule has 3 aromatic rings. The lowest BCUT2D eigenvalue weighted by molar-refractivity contribution is -0.141. The Bertz CT molecular complexity index is 1380. The van der Waals surface area contributed by atoms with Gasteiger partial charge in [0.05, 0.1) is 18.8 Å². The minimum Gasteiger partial charge on any atom is -0.494 e. The van der Waals surface area contributed by atoms with Crippen molar-refractivity contribution in [1.29, 1.82) is 0 Å². The van der Waals surface area contributed by atoms with Crippen LogP contribution >= 0.6 is 0 Å². The molecule has 0 N–H and O–H groups in total. The Morgan fingerprint density at radius 1 is 0.605 bits per heavy atom. The lowest BCUT2D eigenvalue weighted by atomic mass is 10.1. The van der Waals surface area contributed by atoms with Crippen LogP contribution in [-0.4, -0.2) is 44.3 Å². The molecule has 0 spiro atoms. The fourth-order valence-electron chi connectivity index (χ4n) is 3.72. The Labute approximate surface area is 250 Å². The molecule has 0 aromatic heterocycles. The highest BCUT2D eigenvalue weighted by Gasteiger charge is 2.10. The van der Waals surface area contributed by atoms with E-state index in [-0.39, 0.29) is 19.2 Å². The molecule has 0 heterocycles. The molecule has 0 unspecified atom stereocenters. The van der Waals surface area contributed by atoms with E-state index < -0.39 is 17.8 Å². The van der Waals surface area contributed by atoms with Crippen LogP contribution in [-0.2, 0) is 19.1 Å². The quantitative estimate of drug-likeness (QED) is 0.0715. The van der Waals surface area contributed by atoms with E-state index >= 15 is 0 Å². The van der Waals surface area contributed by atoms with Crippen molar-refractivity contribution in [2.75, 3.05) is 26.4 Å². The molecule has 0 bridgehead atoms. The van der Waals surface area contributed by atoms with Gasteiger partial charge in [-0.3, -0.25) is 0 Å². The first-order valence-corrected chi connectivity index (χ1v) is 13.9. The average molecular weight is 591 g/mol. The predicted molar refractivity (Wildman–Crippen MR) is 160 cm³/mol. The van der Waals surface area contributed by atoms with Crippen LogP contribution < -0.4 is 14.2 Å². The first-order valence-electron chi connectivity index (χ1n) is 13.9. The van der Waals surface area contributed by atoms with Gasteiger partial charge < -0.3 is 23.7 Å². The van der Waals surface area contributed by atoms with Gasteiger partial charge in [0.1, 0.15) is 30.5 Å². The van der Waals surface area contributed by atoms with Gasteiger partial charge in [0.15, 0.2) is 0 Å². The number of halogens is 1. The van der Waals surface area contributed by atoms with Gasteiger partial charge in [0, 0.05) is 5.57 Å². The van der Waals surface area contributed by atoms with Crippen molar-refractivity contribution in [3.05, 3.63) is 103 Å². The fraction of sp³-hybridized carbons (Fsp3) is 0.265. The molecule has 0 atom stereocenters. The van der Waals surface area contributed by atoms with Gasteiger partial charge in [0.2, 0.25) is 5.83 Å². The highest BCUT2D eigenvalue weighted by atomic mass is 19.1. The van der Waals surface area contributed by atoms with Gasteiger partial charge in [0.25, 0.3) is 0 Å². The summed E-state index contributed by atoms with van der Waals surface area (Å²) in [5.74, 6) is -1.44. The lowest BCUT2D eigenvalue weighted by Gasteiger charge is -2.09. The largest absolute Gasteiger partial charge is 0.494 e. The summed E-state index contributed by atoms with van der Waals surface area (Å²) < 4.78 is 39.0. The number of ether oxygens (including phenoxy) is 5. The molecule has 0 aliphatic heterocycles. The minimum absolute atomic E-state index is 0.0766. The Morgan fingerprint density at radius 3 is 1.65 bits per heavy atom. The van der Waals surface area contributed by atoms with Crippen LogP contribution in [0.2, 0.25) is 0 Å². The maximum Gasteiger partial charge on any atom is 0.366 e. The number of carbonyl (C=O) groups excluding carboxylic acids is 3. The van der Waals surface area contributed by atoms with E-state index in [0.717, 1.165) is 36.8 Å². The Morgan fingerprint density at radius 2 is 1.09 bits per heavy atom. The Balaban J connectivity index is 1.36. The number of rotatable bonds is 17. The molecule has 43 heavy (non-hydrogen) atoms. The Kier molecular flexibility index (Phi) is 13.0. The predicted octanol–water partition coefficient (Wildman–Crippen LogP) is 7.04. The monoisotopic (exact) mass is 590 g/mol. The van der Waals surface area contributed by atoms with E-state index in [1.807, 2.05) is 24.3 Å². The number of hydrogen-bond acceptors (Lipinski definition) is 8. The molecule has 0 saturated heterocycles. The molecule has 0 fully saturated rings. The molecule has 0 aliphatic carbocycles. The van der Waals surface area contributed by atoms with Crippen LogP contribution in [0.1, 0.15) is 43.0 Å². The second-order valence-corrected chi connectivity index (χ2v) is 9.53. The van der Waals surface area contributed by atoms with Gasteiger partial charge in [-0.05, 0) is 92.3 Å². The molecule has 9 heteroatoms. The van der Waals surface area contributed by atoms with Crippen LogP contribution in [0, 0.1) is 0 Å². The fourth-order valence-corrected chi connectivity index (χ4v) is 3.72. The lowest BCUT2D eigenvalue weighted by Crippen LogP contribution is -2.12. The standard InChI is InChI=1S/C34H35FO8/c1-24(2)32(36)41-21-7-5-4-6-20-39-29-16-12-28(13-17-29)34(38)43-31-18-10-27(11-19-31)26-8-14-30(15-9-26)40-22-23-42-33(37)25(3)35/h8-19H,1,3-7,20-23H2,2H3. The normalized spacial score (nSPS) is 10.4. The maximum atomic E-state index is 12.6. The minimum atomic E-state index is -1.15. The van der Waals surface area contributed by atoms with Crippen LogP contribution in [0.4, 0.5) is 4.39 Å². The third kappa shape index (κ3) is 11.5. The molecular weight excluding hydrogens is 555 g/mol. The highest BCUT2D eigenvalue weighted by molar-refractivity contribution is 5.91. The van der Waals surface area contributed by atoms with Crippen molar-refractivity contribution >= 4 is 17.9 Å². The van der Waals surface area contributed by atoms with Crippen LogP contribution in [0.5, 0.6) is 17.2 Å². The summed E-state index contributed by atoms with van der Waals surface area (Å²) in [4.78, 5) is 34.9. The first kappa shape index (κ1) is 32.6. The van der Waals surface area contributed by atoms with E-state index in [0.29, 0.717) is 41.6 Å². The maximum absolute atomic E-state index is 12.6. The topological polar surface area (TPSA) is 97.4 Å². The summed E-state index contributed by atoms with van der Waals surface area (Å²) in [5, 5.41) is 0. The smallest absolute Gasteiger partial charge is 0.366 e. The molecule has 226 valence electrons. The number of unbranched alkanes of at least 4 members (excludes halogenated alkanes) is 3. The molecule has 0 radical (unpaired) electrons. The zero-order chi connectivity index (χ0) is 31.0. The van der Waals surface area contributed by atoms with E-state index in [1.54, 1.807) is 55.5 Å². The van der Waals surface area contributed by atoms with Gasteiger partial charge in [-0.25, -0.2) is 14.4 Å². The van der Waals surface area contributed by atoms with Crippen molar-refractivity contribution in [1.82, 2.24) is 0 Å². The molecular formula is C34H35FO8. The van der Waals surface area contributed by atoms with Crippen molar-refractivity contribution < 1.29 is 42.5 Å². The third-order valence-corrected chi connectivity index (χ3v) is 6.04. The molecule has 3 rings (SSSR count). The summed E-state index contributed by atoms with van der Waals surface area (Å²) in [7, 11) is 0. The molecule has 0 aliphatic rings. The summed E-state index contributed by atoms with van der Waals surface area (Å²) in [6.45, 7) is 8.97. The summed E-state index contributed by atoms with van der Waals surface area (Å²) in [6.07, 6.45) is 3.55. The van der Waals surface area contributed by atoms with E-state index in [2.05, 4.69) is 17.9 Å². The van der Waals surface area contributed by atoms with E-state index in [1.165, 1.54) is 0 Å². The van der Waals surface area contributed by atoms with Crippen molar-refractivity contribution in [3.63, 3.8) is 0 Å². The molecule has 0 saturated carbocycles. The van der Waals surface area contributed by atoms with Crippen LogP contribution in [0.3, 0.4) is 0 Å². The van der Waals surface area contributed by atoms with Crippen molar-refractivity contribution in [3.8, 4) is 28.4 Å². The summed E-state index contributed by atoms with van der Waals surface area (Å²) in [6, 6.07) is 21.1. The highest BCUT2D eigenvalue weighted by Crippen LogP contribution is 2.25. The van der Waals surface area contributed by atoms with Gasteiger partial charge in [-0.15, -0.1) is 0 Å². The first-order chi connectivity index (χ1) is 20.7. The number of esters is 3. The van der Waals surface area contributed by atoms with Crippen LogP contribution in [0.15, 0.2) is 97.4 Å². The van der Waals surface area contributed by atoms with Gasteiger partial charge >= 0.3 is 17.9 Å². The SMILES string of the molecule is C=C(C)C(=O)OCCCCCCOc1ccc(C(=O)Oc2ccc(-c3ccc(OCCOC(=O)C(=C)F)cc3)cc2)cc1. The number of benzene rings is 3. The van der Waals surface area contributed by atoms with Crippen LogP contribution in [0.25, 0.3) is 11.1 Å². The second-order valence-electron chi connectivity index (χ2n) is 9.53. The third-order valence-electron chi connectivity index (χ3n) is 6.04. The van der Waals surface area contributed by atoms with E-state index in [4.69, 9.17) is 18.9 Å². The number of hydrogen-bond donors (Lipinski definition) is 0. The Hall–Kier alpha value is -4.92. The average Bonchev–Trinajstić information content (AvgIpc) is 3.01. The van der Waals surface area contributed by atoms with Gasteiger partial charge in [-0.1, -0.05) is 37.4 Å². The van der Waals surface area contributed by atoms with Crippen molar-refractivity contribution in [2.45, 2.75) is 32.6 Å². The zero-order valence-corrected chi connectivity index (χ0v) is 24.1.